The van der Waals surface area contributed by atoms with Crippen molar-refractivity contribution in [2.24, 2.45) is 11.5 Å². The number of hydrogen-bond donors (Lipinski definition) is 3. The van der Waals surface area contributed by atoms with E-state index in [2.05, 4.69) is 5.32 Å². The fraction of sp³-hybridized carbons (Fsp3) is 0.385. The van der Waals surface area contributed by atoms with Crippen molar-refractivity contribution >= 4 is 11.8 Å². The van der Waals surface area contributed by atoms with E-state index in [0.717, 1.165) is 17.5 Å². The Morgan fingerprint density at radius 1 is 1.44 bits per heavy atom. The predicted molar refractivity (Wildman–Crippen MR) is 67.8 cm³/mol. The molecule has 1 aromatic rings. The SMILES string of the molecule is NC(=O)CCC(N)c1ccc2c(c1)C(=O)NCC2. The summed E-state index contributed by atoms with van der Waals surface area (Å²) in [6.07, 6.45) is 1.60. The third-order valence-electron chi connectivity index (χ3n) is 3.19. The lowest BCUT2D eigenvalue weighted by atomic mass is 9.94. The van der Waals surface area contributed by atoms with Crippen molar-refractivity contribution in [3.8, 4) is 0 Å². The Morgan fingerprint density at radius 3 is 2.94 bits per heavy atom. The van der Waals surface area contributed by atoms with Crippen molar-refractivity contribution < 1.29 is 9.59 Å². The van der Waals surface area contributed by atoms with Crippen molar-refractivity contribution in [3.05, 3.63) is 34.9 Å². The fourth-order valence-electron chi connectivity index (χ4n) is 2.12. The van der Waals surface area contributed by atoms with Gasteiger partial charge >= 0.3 is 0 Å². The molecule has 0 fully saturated rings. The molecule has 18 heavy (non-hydrogen) atoms. The average Bonchev–Trinajstić information content (AvgIpc) is 2.36. The number of hydrogen-bond acceptors (Lipinski definition) is 3. The van der Waals surface area contributed by atoms with Gasteiger partial charge in [0.05, 0.1) is 0 Å². The maximum Gasteiger partial charge on any atom is 0.251 e. The number of rotatable bonds is 4. The molecule has 96 valence electrons. The van der Waals surface area contributed by atoms with Crippen LogP contribution in [0.5, 0.6) is 0 Å². The molecule has 0 spiro atoms. The number of fused-ring (bicyclic) bond motifs is 1. The molecule has 2 amide bonds. The molecule has 5 nitrogen and oxygen atoms in total. The van der Waals surface area contributed by atoms with Crippen LogP contribution in [0.15, 0.2) is 18.2 Å². The van der Waals surface area contributed by atoms with Crippen LogP contribution < -0.4 is 16.8 Å². The molecular formula is C13H17N3O2. The summed E-state index contributed by atoms with van der Waals surface area (Å²) in [6, 6.07) is 5.41. The van der Waals surface area contributed by atoms with Crippen LogP contribution in [0.25, 0.3) is 0 Å². The number of amides is 2. The van der Waals surface area contributed by atoms with Gasteiger partial charge in [-0.3, -0.25) is 9.59 Å². The fourth-order valence-corrected chi connectivity index (χ4v) is 2.12. The minimum absolute atomic E-state index is 0.0554. The summed E-state index contributed by atoms with van der Waals surface area (Å²) < 4.78 is 0. The largest absolute Gasteiger partial charge is 0.370 e. The Labute approximate surface area is 106 Å². The number of primary amides is 1. The molecule has 1 aliphatic rings. The van der Waals surface area contributed by atoms with E-state index in [0.29, 0.717) is 18.5 Å². The summed E-state index contributed by atoms with van der Waals surface area (Å²) in [5.41, 5.74) is 13.7. The molecular weight excluding hydrogens is 230 g/mol. The lowest BCUT2D eigenvalue weighted by molar-refractivity contribution is -0.118. The van der Waals surface area contributed by atoms with Crippen LogP contribution >= 0.6 is 0 Å². The highest BCUT2D eigenvalue weighted by atomic mass is 16.2. The second kappa shape index (κ2) is 5.18. The predicted octanol–water partition coefficient (Wildman–Crippen LogP) is 0.238. The second-order valence-corrected chi connectivity index (χ2v) is 4.53. The smallest absolute Gasteiger partial charge is 0.251 e. The van der Waals surface area contributed by atoms with E-state index in [-0.39, 0.29) is 24.3 Å². The van der Waals surface area contributed by atoms with E-state index < -0.39 is 0 Å². The maximum absolute atomic E-state index is 11.7. The van der Waals surface area contributed by atoms with Gasteiger partial charge in [0.25, 0.3) is 5.91 Å². The van der Waals surface area contributed by atoms with Crippen molar-refractivity contribution in [2.75, 3.05) is 6.54 Å². The zero-order valence-electron chi connectivity index (χ0n) is 10.1. The van der Waals surface area contributed by atoms with Crippen molar-refractivity contribution in [1.82, 2.24) is 5.32 Å². The van der Waals surface area contributed by atoms with Crippen LogP contribution in [0.2, 0.25) is 0 Å². The van der Waals surface area contributed by atoms with Gasteiger partial charge in [-0.1, -0.05) is 12.1 Å². The Kier molecular flexibility index (Phi) is 3.62. The zero-order valence-corrected chi connectivity index (χ0v) is 10.1. The summed E-state index contributed by atoms with van der Waals surface area (Å²) in [7, 11) is 0. The molecule has 1 heterocycles. The third-order valence-corrected chi connectivity index (χ3v) is 3.19. The number of carbonyl (C=O) groups excluding carboxylic acids is 2. The first-order valence-electron chi connectivity index (χ1n) is 6.03. The molecule has 1 aromatic carbocycles. The summed E-state index contributed by atoms with van der Waals surface area (Å²) in [4.78, 5) is 22.4. The van der Waals surface area contributed by atoms with Gasteiger partial charge in [-0.2, -0.15) is 0 Å². The van der Waals surface area contributed by atoms with Gasteiger partial charge in [-0.05, 0) is 30.0 Å². The highest BCUT2D eigenvalue weighted by Crippen LogP contribution is 2.21. The minimum atomic E-state index is -0.360. The zero-order chi connectivity index (χ0) is 13.1. The van der Waals surface area contributed by atoms with Gasteiger partial charge in [0.15, 0.2) is 0 Å². The maximum atomic E-state index is 11.7. The van der Waals surface area contributed by atoms with E-state index in [1.807, 2.05) is 18.2 Å². The Morgan fingerprint density at radius 2 is 2.22 bits per heavy atom. The molecule has 5 N–H and O–H groups in total. The molecule has 1 aliphatic heterocycles. The van der Waals surface area contributed by atoms with Gasteiger partial charge in [-0.25, -0.2) is 0 Å². The van der Waals surface area contributed by atoms with E-state index in [9.17, 15) is 9.59 Å². The van der Waals surface area contributed by atoms with E-state index >= 15 is 0 Å². The van der Waals surface area contributed by atoms with Crippen molar-refractivity contribution in [3.63, 3.8) is 0 Å². The first kappa shape index (κ1) is 12.6. The molecule has 1 unspecified atom stereocenters. The van der Waals surface area contributed by atoms with Crippen LogP contribution in [0.1, 0.15) is 40.4 Å². The van der Waals surface area contributed by atoms with Crippen LogP contribution in [0, 0.1) is 0 Å². The number of nitrogens with one attached hydrogen (secondary N) is 1. The first-order valence-corrected chi connectivity index (χ1v) is 6.03. The topological polar surface area (TPSA) is 98.2 Å². The van der Waals surface area contributed by atoms with Gasteiger partial charge in [0.2, 0.25) is 5.91 Å². The van der Waals surface area contributed by atoms with Gasteiger partial charge in [-0.15, -0.1) is 0 Å². The third kappa shape index (κ3) is 2.68. The van der Waals surface area contributed by atoms with E-state index in [4.69, 9.17) is 11.5 Å². The summed E-state index contributed by atoms with van der Waals surface area (Å²) in [6.45, 7) is 0.679. The van der Waals surface area contributed by atoms with E-state index in [1.54, 1.807) is 0 Å². The Bertz CT molecular complexity index is 485. The van der Waals surface area contributed by atoms with Crippen LogP contribution in [-0.4, -0.2) is 18.4 Å². The monoisotopic (exact) mass is 247 g/mol. The molecule has 1 atom stereocenters. The molecule has 2 rings (SSSR count). The standard InChI is InChI=1S/C13H17N3O2/c14-11(3-4-12(15)17)9-2-1-8-5-6-16-13(18)10(8)7-9/h1-2,7,11H,3-6,14H2,(H2,15,17)(H,16,18). The summed E-state index contributed by atoms with van der Waals surface area (Å²) >= 11 is 0. The molecule has 0 saturated heterocycles. The quantitative estimate of drug-likeness (QED) is 0.710. The second-order valence-electron chi connectivity index (χ2n) is 4.53. The van der Waals surface area contributed by atoms with Crippen LogP contribution in [0.3, 0.4) is 0 Å². The van der Waals surface area contributed by atoms with Crippen molar-refractivity contribution in [1.29, 1.82) is 0 Å². The van der Waals surface area contributed by atoms with Gasteiger partial charge < -0.3 is 16.8 Å². The van der Waals surface area contributed by atoms with Gasteiger partial charge in [0, 0.05) is 24.6 Å². The molecule has 0 radical (unpaired) electrons. The highest BCUT2D eigenvalue weighted by Gasteiger charge is 2.18. The molecule has 0 bridgehead atoms. The van der Waals surface area contributed by atoms with E-state index in [1.165, 1.54) is 0 Å². The molecule has 0 aliphatic carbocycles. The van der Waals surface area contributed by atoms with Crippen LogP contribution in [0.4, 0.5) is 0 Å². The average molecular weight is 247 g/mol. The number of benzene rings is 1. The van der Waals surface area contributed by atoms with Gasteiger partial charge in [0.1, 0.15) is 0 Å². The molecule has 5 heteroatoms. The lowest BCUT2D eigenvalue weighted by Crippen LogP contribution is -2.32. The minimum Gasteiger partial charge on any atom is -0.370 e. The highest BCUT2D eigenvalue weighted by molar-refractivity contribution is 5.96. The number of nitrogens with two attached hydrogens (primary N) is 2. The lowest BCUT2D eigenvalue weighted by Gasteiger charge is -2.19. The summed E-state index contributed by atoms with van der Waals surface area (Å²) in [5.74, 6) is -0.415. The number of carbonyl (C=O) groups is 2. The van der Waals surface area contributed by atoms with Crippen LogP contribution in [-0.2, 0) is 11.2 Å². The molecule has 0 aromatic heterocycles. The normalized spacial score (nSPS) is 15.7. The van der Waals surface area contributed by atoms with Crippen molar-refractivity contribution in [2.45, 2.75) is 25.3 Å². The first-order chi connectivity index (χ1) is 8.58. The molecule has 0 saturated carbocycles. The Balaban J connectivity index is 2.17. The summed E-state index contributed by atoms with van der Waals surface area (Å²) in [5, 5.41) is 2.80. The Hall–Kier alpha value is -1.88.